The van der Waals surface area contributed by atoms with Crippen LogP contribution in [-0.4, -0.2) is 23.3 Å². The van der Waals surface area contributed by atoms with Gasteiger partial charge in [-0.15, -0.1) is 0 Å². The first-order chi connectivity index (χ1) is 17.9. The SMILES string of the molecule is CCCCC(CC)CN1C(=O)c2cccc3c(Oc4ccc(C(C)(C)CC(C)(C)C)cc4)ccc(c23)C1=O. The van der Waals surface area contributed by atoms with Crippen molar-refractivity contribution in [3.63, 3.8) is 0 Å². The van der Waals surface area contributed by atoms with Gasteiger partial charge in [-0.1, -0.05) is 92.0 Å². The van der Waals surface area contributed by atoms with Crippen molar-refractivity contribution < 1.29 is 14.3 Å². The van der Waals surface area contributed by atoms with Gasteiger partial charge in [0.15, 0.2) is 0 Å². The van der Waals surface area contributed by atoms with E-state index in [0.717, 1.165) is 43.2 Å². The minimum Gasteiger partial charge on any atom is -0.457 e. The fourth-order valence-electron chi connectivity index (χ4n) is 6.08. The Hall–Kier alpha value is -3.14. The van der Waals surface area contributed by atoms with Crippen LogP contribution < -0.4 is 4.74 Å². The lowest BCUT2D eigenvalue weighted by atomic mass is 9.72. The van der Waals surface area contributed by atoms with E-state index in [2.05, 4.69) is 60.6 Å². The second-order valence-electron chi connectivity index (χ2n) is 12.7. The van der Waals surface area contributed by atoms with Gasteiger partial charge < -0.3 is 4.74 Å². The summed E-state index contributed by atoms with van der Waals surface area (Å²) in [5, 5.41) is 1.48. The third-order valence-electron chi connectivity index (χ3n) is 7.77. The number of hydrogen-bond donors (Lipinski definition) is 0. The van der Waals surface area contributed by atoms with Crippen molar-refractivity contribution in [3.8, 4) is 11.5 Å². The monoisotopic (exact) mass is 513 g/mol. The molecular weight excluding hydrogens is 470 g/mol. The molecular formula is C34H43NO3. The molecule has 1 heterocycles. The van der Waals surface area contributed by atoms with Gasteiger partial charge in [-0.3, -0.25) is 14.5 Å². The lowest BCUT2D eigenvalue weighted by Gasteiger charge is -2.33. The molecule has 202 valence electrons. The van der Waals surface area contributed by atoms with Gasteiger partial charge in [-0.2, -0.15) is 0 Å². The van der Waals surface area contributed by atoms with Crippen molar-refractivity contribution in [2.75, 3.05) is 6.54 Å². The first-order valence-electron chi connectivity index (χ1n) is 14.2. The molecule has 1 atom stereocenters. The fraction of sp³-hybridized carbons (Fsp3) is 0.471. The van der Waals surface area contributed by atoms with Gasteiger partial charge >= 0.3 is 0 Å². The zero-order valence-electron chi connectivity index (χ0n) is 24.2. The summed E-state index contributed by atoms with van der Waals surface area (Å²) in [5.41, 5.74) is 2.72. The molecule has 4 heteroatoms. The normalized spacial score (nSPS) is 14.8. The molecule has 3 aromatic rings. The number of carbonyl (C=O) groups excluding carboxylic acids is 2. The number of rotatable bonds is 10. The molecule has 1 unspecified atom stereocenters. The molecule has 1 aliphatic rings. The largest absolute Gasteiger partial charge is 0.457 e. The van der Waals surface area contributed by atoms with Crippen LogP contribution in [0.1, 0.15) is 107 Å². The smallest absolute Gasteiger partial charge is 0.261 e. The Bertz CT molecular complexity index is 1290. The van der Waals surface area contributed by atoms with Crippen molar-refractivity contribution in [1.82, 2.24) is 4.90 Å². The number of imide groups is 1. The summed E-state index contributed by atoms with van der Waals surface area (Å²) in [6.45, 7) is 16.2. The maximum absolute atomic E-state index is 13.5. The summed E-state index contributed by atoms with van der Waals surface area (Å²) >= 11 is 0. The minimum atomic E-state index is -0.203. The number of benzene rings is 3. The predicted molar refractivity (Wildman–Crippen MR) is 156 cm³/mol. The maximum atomic E-state index is 13.5. The van der Waals surface area contributed by atoms with Gasteiger partial charge in [-0.25, -0.2) is 0 Å². The highest BCUT2D eigenvalue weighted by Crippen LogP contribution is 2.40. The van der Waals surface area contributed by atoms with Gasteiger partial charge in [0.05, 0.1) is 0 Å². The molecule has 1 aliphatic heterocycles. The highest BCUT2D eigenvalue weighted by molar-refractivity contribution is 6.26. The number of amides is 2. The van der Waals surface area contributed by atoms with Crippen molar-refractivity contribution in [2.24, 2.45) is 11.3 Å². The molecule has 0 N–H and O–H groups in total. The van der Waals surface area contributed by atoms with Gasteiger partial charge in [-0.05, 0) is 65.5 Å². The molecule has 0 aromatic heterocycles. The predicted octanol–water partition coefficient (Wildman–Crippen LogP) is 9.16. The van der Waals surface area contributed by atoms with E-state index in [9.17, 15) is 9.59 Å². The standard InChI is InChI=1S/C34H43NO3/c1-8-10-12-23(9-2)21-35-31(36)27-14-11-13-26-29(20-19-28(30(26)27)32(35)37)38-25-17-15-24(16-18-25)34(6,7)22-33(3,4)5/h11,13-20,23H,8-10,12,21-22H2,1-7H3. The molecule has 3 aromatic carbocycles. The molecule has 0 radical (unpaired) electrons. The molecule has 0 bridgehead atoms. The van der Waals surface area contributed by atoms with Gasteiger partial charge in [0.2, 0.25) is 0 Å². The lowest BCUT2D eigenvalue weighted by molar-refractivity contribution is 0.0580. The van der Waals surface area contributed by atoms with E-state index in [1.807, 2.05) is 42.5 Å². The van der Waals surface area contributed by atoms with Crippen molar-refractivity contribution in [2.45, 2.75) is 86.0 Å². The minimum absolute atomic E-state index is 0.0525. The fourth-order valence-corrected chi connectivity index (χ4v) is 6.08. The van der Waals surface area contributed by atoms with Crippen LogP contribution in [0, 0.1) is 11.3 Å². The Morgan fingerprint density at radius 1 is 0.842 bits per heavy atom. The van der Waals surface area contributed by atoms with E-state index in [0.29, 0.717) is 34.7 Å². The molecule has 38 heavy (non-hydrogen) atoms. The summed E-state index contributed by atoms with van der Waals surface area (Å²) in [6, 6.07) is 17.6. The van der Waals surface area contributed by atoms with Crippen molar-refractivity contribution in [3.05, 3.63) is 71.3 Å². The van der Waals surface area contributed by atoms with Gasteiger partial charge in [0.1, 0.15) is 11.5 Å². The Morgan fingerprint density at radius 2 is 1.50 bits per heavy atom. The Labute approximate surface area is 228 Å². The molecule has 2 amide bonds. The van der Waals surface area contributed by atoms with Crippen LogP contribution in [0.2, 0.25) is 0 Å². The molecule has 0 saturated heterocycles. The molecule has 0 fully saturated rings. The van der Waals surface area contributed by atoms with Crippen LogP contribution in [0.25, 0.3) is 10.8 Å². The summed E-state index contributed by atoms with van der Waals surface area (Å²) in [5.74, 6) is 1.30. The van der Waals surface area contributed by atoms with Crippen LogP contribution in [0.5, 0.6) is 11.5 Å². The topological polar surface area (TPSA) is 46.6 Å². The molecule has 0 saturated carbocycles. The highest BCUT2D eigenvalue weighted by Gasteiger charge is 2.34. The zero-order valence-corrected chi connectivity index (χ0v) is 24.2. The van der Waals surface area contributed by atoms with E-state index >= 15 is 0 Å². The third-order valence-corrected chi connectivity index (χ3v) is 7.77. The number of unbranched alkanes of at least 4 members (excludes halogenated alkanes) is 1. The van der Waals surface area contributed by atoms with Gasteiger partial charge in [0, 0.05) is 28.4 Å². The van der Waals surface area contributed by atoms with Crippen LogP contribution in [0.3, 0.4) is 0 Å². The van der Waals surface area contributed by atoms with Crippen molar-refractivity contribution >= 4 is 22.6 Å². The summed E-state index contributed by atoms with van der Waals surface area (Å²) in [4.78, 5) is 28.5. The summed E-state index contributed by atoms with van der Waals surface area (Å²) in [6.07, 6.45) is 5.27. The van der Waals surface area contributed by atoms with Crippen LogP contribution in [0.15, 0.2) is 54.6 Å². The van der Waals surface area contributed by atoms with E-state index in [-0.39, 0.29) is 22.6 Å². The van der Waals surface area contributed by atoms with Crippen LogP contribution in [-0.2, 0) is 5.41 Å². The molecule has 4 nitrogen and oxygen atoms in total. The number of nitrogens with zero attached hydrogens (tertiary/aromatic N) is 1. The molecule has 0 aliphatic carbocycles. The first kappa shape index (κ1) is 27.9. The quantitative estimate of drug-likeness (QED) is 0.254. The summed E-state index contributed by atoms with van der Waals surface area (Å²) in [7, 11) is 0. The first-order valence-corrected chi connectivity index (χ1v) is 14.2. The lowest BCUT2D eigenvalue weighted by Crippen LogP contribution is -2.43. The average Bonchev–Trinajstić information content (AvgIpc) is 2.86. The van der Waals surface area contributed by atoms with Crippen LogP contribution in [0.4, 0.5) is 0 Å². The third kappa shape index (κ3) is 5.80. The molecule has 0 spiro atoms. The number of carbonyl (C=O) groups is 2. The Balaban J connectivity index is 1.62. The second kappa shape index (κ2) is 10.9. The summed E-state index contributed by atoms with van der Waals surface area (Å²) < 4.78 is 6.33. The van der Waals surface area contributed by atoms with Gasteiger partial charge in [0.25, 0.3) is 11.8 Å². The van der Waals surface area contributed by atoms with Crippen LogP contribution >= 0.6 is 0 Å². The van der Waals surface area contributed by atoms with E-state index in [1.54, 1.807) is 0 Å². The van der Waals surface area contributed by atoms with E-state index in [1.165, 1.54) is 10.5 Å². The zero-order chi connectivity index (χ0) is 27.7. The second-order valence-corrected chi connectivity index (χ2v) is 12.7. The maximum Gasteiger partial charge on any atom is 0.261 e. The van der Waals surface area contributed by atoms with E-state index < -0.39 is 0 Å². The average molecular weight is 514 g/mol. The van der Waals surface area contributed by atoms with Crippen molar-refractivity contribution in [1.29, 1.82) is 0 Å². The Morgan fingerprint density at radius 3 is 2.11 bits per heavy atom. The molecule has 4 rings (SSSR count). The number of ether oxygens (including phenoxy) is 1. The Kier molecular flexibility index (Phi) is 8.01. The highest BCUT2D eigenvalue weighted by atomic mass is 16.5. The van der Waals surface area contributed by atoms with E-state index in [4.69, 9.17) is 4.74 Å². The number of hydrogen-bond acceptors (Lipinski definition) is 3.